The molecule has 0 spiro atoms. The number of rotatable bonds is 4. The van der Waals surface area contributed by atoms with Gasteiger partial charge in [0.15, 0.2) is 0 Å². The first-order chi connectivity index (χ1) is 19.2. The van der Waals surface area contributed by atoms with E-state index < -0.39 is 58.1 Å². The van der Waals surface area contributed by atoms with Crippen molar-refractivity contribution in [2.24, 2.45) is 33.5 Å². The number of aliphatic hydroxyl groups is 2. The van der Waals surface area contributed by atoms with Gasteiger partial charge < -0.3 is 28.8 Å². The Balaban J connectivity index is 1.53. The highest BCUT2D eigenvalue weighted by Crippen LogP contribution is 2.75. The Labute approximate surface area is 242 Å². The molecule has 1 saturated heterocycles. The lowest BCUT2D eigenvalue weighted by atomic mass is 9.36. The van der Waals surface area contributed by atoms with Gasteiger partial charge in [0.05, 0.1) is 37.4 Å². The standard InChI is InChI=1S/C33H44O8/c1-8-17(2)29(37)41-25-14-23(35)30(4)16-39-26-27(30)33(25,7)22-13-24(40-18(3)34)31(5)20(19-11-12-38-15-19)9-10-21(31)32(22,6)28(26)36/h8,10-12,15,20,22-28,35-36H,9,13-14,16H2,1-7H3/b17-8+/t20-,22-,23+,24-,25-,26+,27-,28+,30+,31-,32-,33-/m0/s1. The fourth-order valence-electron chi connectivity index (χ4n) is 10.3. The molecule has 224 valence electrons. The van der Waals surface area contributed by atoms with Crippen molar-refractivity contribution in [2.75, 3.05) is 6.61 Å². The van der Waals surface area contributed by atoms with Gasteiger partial charge in [-0.05, 0) is 44.2 Å². The zero-order valence-electron chi connectivity index (χ0n) is 25.2. The van der Waals surface area contributed by atoms with E-state index in [2.05, 4.69) is 26.8 Å². The first-order valence-electron chi connectivity index (χ1n) is 15.0. The number of esters is 2. The van der Waals surface area contributed by atoms with Gasteiger partial charge in [-0.2, -0.15) is 0 Å². The first kappa shape index (κ1) is 28.7. The summed E-state index contributed by atoms with van der Waals surface area (Å²) in [6, 6.07) is 1.97. The Bertz CT molecular complexity index is 1300. The minimum Gasteiger partial charge on any atom is -0.472 e. The Hall–Kier alpha value is -2.42. The Morgan fingerprint density at radius 3 is 2.41 bits per heavy atom. The molecule has 3 saturated carbocycles. The molecule has 1 aliphatic heterocycles. The zero-order valence-corrected chi connectivity index (χ0v) is 25.2. The lowest BCUT2D eigenvalue weighted by Crippen LogP contribution is -2.74. The van der Waals surface area contributed by atoms with Crippen LogP contribution >= 0.6 is 0 Å². The van der Waals surface area contributed by atoms with Gasteiger partial charge in [-0.3, -0.25) is 4.79 Å². The van der Waals surface area contributed by atoms with Crippen LogP contribution in [0.3, 0.4) is 0 Å². The highest BCUT2D eigenvalue weighted by Gasteiger charge is 2.78. The lowest BCUT2D eigenvalue weighted by Gasteiger charge is -2.69. The summed E-state index contributed by atoms with van der Waals surface area (Å²) in [5.74, 6) is -1.25. The van der Waals surface area contributed by atoms with E-state index in [1.54, 1.807) is 32.4 Å². The van der Waals surface area contributed by atoms with Crippen molar-refractivity contribution in [1.29, 1.82) is 0 Å². The molecule has 0 radical (unpaired) electrons. The maximum Gasteiger partial charge on any atom is 0.333 e. The van der Waals surface area contributed by atoms with Gasteiger partial charge >= 0.3 is 11.9 Å². The van der Waals surface area contributed by atoms with Crippen LogP contribution in [-0.4, -0.2) is 59.3 Å². The largest absolute Gasteiger partial charge is 0.472 e. The quantitative estimate of drug-likeness (QED) is 0.305. The maximum absolute atomic E-state index is 13.2. The molecule has 12 atom stereocenters. The summed E-state index contributed by atoms with van der Waals surface area (Å²) in [4.78, 5) is 25.8. The number of ether oxygens (including phenoxy) is 3. The second-order valence-electron chi connectivity index (χ2n) is 14.1. The van der Waals surface area contributed by atoms with Crippen LogP contribution in [0, 0.1) is 33.5 Å². The van der Waals surface area contributed by atoms with E-state index in [-0.39, 0.29) is 30.1 Å². The number of hydrogen-bond acceptors (Lipinski definition) is 8. The van der Waals surface area contributed by atoms with Crippen molar-refractivity contribution in [3.05, 3.63) is 47.5 Å². The topological polar surface area (TPSA) is 115 Å². The number of fused-ring (bicyclic) bond motifs is 4. The van der Waals surface area contributed by atoms with Crippen molar-refractivity contribution < 1.29 is 38.4 Å². The van der Waals surface area contributed by atoms with Crippen LogP contribution in [-0.2, 0) is 23.8 Å². The summed E-state index contributed by atoms with van der Waals surface area (Å²) in [6.45, 7) is 13.7. The van der Waals surface area contributed by atoms with E-state index in [1.807, 2.05) is 13.0 Å². The van der Waals surface area contributed by atoms with E-state index in [4.69, 9.17) is 18.6 Å². The summed E-state index contributed by atoms with van der Waals surface area (Å²) < 4.78 is 24.4. The van der Waals surface area contributed by atoms with Gasteiger partial charge in [-0.15, -0.1) is 0 Å². The van der Waals surface area contributed by atoms with E-state index in [0.29, 0.717) is 18.6 Å². The molecule has 8 nitrogen and oxygen atoms in total. The van der Waals surface area contributed by atoms with E-state index in [9.17, 15) is 19.8 Å². The fraction of sp³-hybridized carbons (Fsp3) is 0.697. The summed E-state index contributed by atoms with van der Waals surface area (Å²) in [5.41, 5.74) is -0.0507. The third-order valence-corrected chi connectivity index (χ3v) is 12.4. The van der Waals surface area contributed by atoms with E-state index in [0.717, 1.165) is 17.6 Å². The third-order valence-electron chi connectivity index (χ3n) is 12.4. The van der Waals surface area contributed by atoms with Crippen LogP contribution < -0.4 is 0 Å². The molecule has 2 heterocycles. The second kappa shape index (κ2) is 9.29. The van der Waals surface area contributed by atoms with Gasteiger partial charge in [0.1, 0.15) is 12.2 Å². The highest BCUT2D eigenvalue weighted by molar-refractivity contribution is 5.87. The van der Waals surface area contributed by atoms with Crippen LogP contribution in [0.2, 0.25) is 0 Å². The molecule has 1 aromatic rings. The molecule has 4 aliphatic carbocycles. The summed E-state index contributed by atoms with van der Waals surface area (Å²) in [5, 5.41) is 23.8. The third kappa shape index (κ3) is 3.56. The number of allylic oxidation sites excluding steroid dienone is 2. The molecule has 4 fully saturated rings. The SMILES string of the molecule is C/C=C(\C)C(=O)O[C@H]1C[C@@H](O)[C@@]2(C)CO[C@H]3[C@@H](O)[C@@]4(C)C5=CC[C@@H](c6ccoc6)[C@]5(C)[C@@H](OC(C)=O)C[C@@H]4[C@]1(C)[C@@H]32. The molecule has 6 rings (SSSR count). The number of carbonyl (C=O) groups is 2. The minimum absolute atomic E-state index is 0.00464. The molecule has 41 heavy (non-hydrogen) atoms. The number of furan rings is 1. The first-order valence-corrected chi connectivity index (χ1v) is 15.0. The van der Waals surface area contributed by atoms with Gasteiger partial charge in [-0.1, -0.05) is 45.4 Å². The zero-order chi connectivity index (χ0) is 29.7. The van der Waals surface area contributed by atoms with Crippen molar-refractivity contribution >= 4 is 11.9 Å². The van der Waals surface area contributed by atoms with Crippen LogP contribution in [0.25, 0.3) is 0 Å². The molecule has 8 heteroatoms. The summed E-state index contributed by atoms with van der Waals surface area (Å²) in [6.07, 6.45) is 5.60. The normalized spacial score (nSPS) is 48.5. The van der Waals surface area contributed by atoms with Crippen molar-refractivity contribution in [1.82, 2.24) is 0 Å². The number of aliphatic hydroxyl groups excluding tert-OH is 2. The fourth-order valence-corrected chi connectivity index (χ4v) is 10.3. The average Bonchev–Trinajstić information content (AvgIpc) is 3.65. The molecule has 2 N–H and O–H groups in total. The second-order valence-corrected chi connectivity index (χ2v) is 14.1. The number of hydrogen-bond donors (Lipinski definition) is 2. The van der Waals surface area contributed by atoms with Crippen LogP contribution in [0.15, 0.2) is 46.3 Å². The van der Waals surface area contributed by atoms with Gasteiger partial charge in [0, 0.05) is 52.4 Å². The smallest absolute Gasteiger partial charge is 0.333 e. The molecular formula is C33H44O8. The Kier molecular flexibility index (Phi) is 6.50. The monoisotopic (exact) mass is 568 g/mol. The molecule has 0 amide bonds. The summed E-state index contributed by atoms with van der Waals surface area (Å²) in [7, 11) is 0. The Morgan fingerprint density at radius 2 is 1.78 bits per heavy atom. The maximum atomic E-state index is 13.2. The average molecular weight is 569 g/mol. The van der Waals surface area contributed by atoms with Crippen LogP contribution in [0.5, 0.6) is 0 Å². The van der Waals surface area contributed by atoms with Gasteiger partial charge in [-0.25, -0.2) is 4.79 Å². The summed E-state index contributed by atoms with van der Waals surface area (Å²) >= 11 is 0. The molecular weight excluding hydrogens is 524 g/mol. The van der Waals surface area contributed by atoms with Crippen LogP contribution in [0.1, 0.15) is 79.2 Å². The lowest BCUT2D eigenvalue weighted by molar-refractivity contribution is -0.269. The molecule has 0 bridgehead atoms. The predicted molar refractivity (Wildman–Crippen MR) is 149 cm³/mol. The molecule has 0 unspecified atom stereocenters. The predicted octanol–water partition coefficient (Wildman–Crippen LogP) is 4.70. The van der Waals surface area contributed by atoms with Gasteiger partial charge in [0.2, 0.25) is 0 Å². The molecule has 1 aromatic heterocycles. The van der Waals surface area contributed by atoms with E-state index in [1.165, 1.54) is 6.92 Å². The van der Waals surface area contributed by atoms with Crippen LogP contribution in [0.4, 0.5) is 0 Å². The van der Waals surface area contributed by atoms with Crippen molar-refractivity contribution in [2.45, 2.75) is 104 Å². The van der Waals surface area contributed by atoms with Crippen molar-refractivity contribution in [3.63, 3.8) is 0 Å². The minimum atomic E-state index is -0.863. The van der Waals surface area contributed by atoms with Gasteiger partial charge in [0.25, 0.3) is 0 Å². The van der Waals surface area contributed by atoms with E-state index >= 15 is 0 Å². The molecule has 5 aliphatic rings. The molecule has 0 aromatic carbocycles. The Morgan fingerprint density at radius 1 is 1.05 bits per heavy atom. The highest BCUT2D eigenvalue weighted by atomic mass is 16.6. The van der Waals surface area contributed by atoms with Crippen molar-refractivity contribution in [3.8, 4) is 0 Å². The number of carbonyl (C=O) groups excluding carboxylic acids is 2.